The van der Waals surface area contributed by atoms with E-state index in [1.807, 2.05) is 0 Å². The van der Waals surface area contributed by atoms with Gasteiger partial charge in [-0.05, 0) is 52.3 Å². The lowest BCUT2D eigenvalue weighted by molar-refractivity contribution is -0.137. The van der Waals surface area contributed by atoms with Crippen LogP contribution >= 0.6 is 27.3 Å². The Morgan fingerprint density at radius 1 is 1.00 bits per heavy atom. The highest BCUT2D eigenvalue weighted by atomic mass is 79.9. The molecule has 3 rings (SSSR count). The first kappa shape index (κ1) is 20.3. The number of carbonyl (C=O) groups is 1. The van der Waals surface area contributed by atoms with Gasteiger partial charge in [0.25, 0.3) is 5.91 Å². The normalized spacial score (nSPS) is 16.5. The van der Waals surface area contributed by atoms with Crippen molar-refractivity contribution < 1.29 is 26.4 Å². The van der Waals surface area contributed by atoms with Crippen molar-refractivity contribution in [1.29, 1.82) is 0 Å². The minimum atomic E-state index is -4.52. The van der Waals surface area contributed by atoms with E-state index in [1.54, 1.807) is 17.0 Å². The van der Waals surface area contributed by atoms with Gasteiger partial charge in [0.05, 0.1) is 19.1 Å². The quantitative estimate of drug-likeness (QED) is 0.670. The molecule has 2 aromatic rings. The van der Waals surface area contributed by atoms with Gasteiger partial charge in [-0.25, -0.2) is 8.42 Å². The van der Waals surface area contributed by atoms with Crippen LogP contribution in [0.2, 0.25) is 0 Å². The van der Waals surface area contributed by atoms with E-state index in [0.29, 0.717) is 4.88 Å². The first-order valence-corrected chi connectivity index (χ1v) is 10.9. The third-order valence-corrected chi connectivity index (χ3v) is 7.65. The molecule has 2 heterocycles. The van der Waals surface area contributed by atoms with E-state index < -0.39 is 21.8 Å². The van der Waals surface area contributed by atoms with Gasteiger partial charge in [-0.15, -0.1) is 11.3 Å². The molecule has 11 heteroatoms. The van der Waals surface area contributed by atoms with Crippen molar-refractivity contribution in [1.82, 2.24) is 9.21 Å². The molecule has 0 saturated carbocycles. The fraction of sp³-hybridized carbons (Fsp3) is 0.312. The highest BCUT2D eigenvalue weighted by molar-refractivity contribution is 9.11. The first-order valence-electron chi connectivity index (χ1n) is 7.81. The smallest absolute Gasteiger partial charge is 0.335 e. The summed E-state index contributed by atoms with van der Waals surface area (Å²) < 4.78 is 65.2. The standard InChI is InChI=1S/C16H14BrF3N2O3S2/c17-14-6-5-13(26-14)15(23)21-7-9-22(10-8-21)27(24,25)12-3-1-11(2-4-12)16(18,19)20/h1-6H,7-10H2. The Morgan fingerprint density at radius 3 is 2.07 bits per heavy atom. The van der Waals surface area contributed by atoms with E-state index in [1.165, 1.54) is 15.6 Å². The number of sulfonamides is 1. The number of hydrogen-bond donors (Lipinski definition) is 0. The van der Waals surface area contributed by atoms with E-state index in [4.69, 9.17) is 0 Å². The maximum absolute atomic E-state index is 12.6. The predicted octanol–water partition coefficient (Wildman–Crippen LogP) is 3.68. The molecule has 1 saturated heterocycles. The highest BCUT2D eigenvalue weighted by Crippen LogP contribution is 2.30. The van der Waals surface area contributed by atoms with Gasteiger partial charge in [-0.3, -0.25) is 4.79 Å². The Kier molecular flexibility index (Phi) is 5.67. The molecule has 27 heavy (non-hydrogen) atoms. The second kappa shape index (κ2) is 7.53. The zero-order valence-corrected chi connectivity index (χ0v) is 17.0. The number of rotatable bonds is 3. The minimum absolute atomic E-state index is 0.0850. The summed E-state index contributed by atoms with van der Waals surface area (Å²) in [4.78, 5) is 14.3. The molecule has 1 fully saturated rings. The Bertz CT molecular complexity index is 935. The van der Waals surface area contributed by atoms with Gasteiger partial charge in [-0.1, -0.05) is 0 Å². The molecule has 1 amide bonds. The summed E-state index contributed by atoms with van der Waals surface area (Å²) in [7, 11) is -3.91. The van der Waals surface area contributed by atoms with Crippen molar-refractivity contribution in [2.75, 3.05) is 26.2 Å². The van der Waals surface area contributed by atoms with Crippen LogP contribution in [0, 0.1) is 0 Å². The third-order valence-electron chi connectivity index (χ3n) is 4.13. The summed E-state index contributed by atoms with van der Waals surface area (Å²) in [5.74, 6) is -0.169. The van der Waals surface area contributed by atoms with E-state index in [-0.39, 0.29) is 37.0 Å². The van der Waals surface area contributed by atoms with Crippen molar-refractivity contribution >= 4 is 43.2 Å². The summed E-state index contributed by atoms with van der Waals surface area (Å²) >= 11 is 4.59. The molecule has 5 nitrogen and oxygen atoms in total. The molecule has 0 bridgehead atoms. The topological polar surface area (TPSA) is 57.7 Å². The van der Waals surface area contributed by atoms with Gasteiger partial charge in [0.15, 0.2) is 0 Å². The van der Waals surface area contributed by atoms with Crippen molar-refractivity contribution in [3.63, 3.8) is 0 Å². The van der Waals surface area contributed by atoms with Gasteiger partial charge in [0.1, 0.15) is 0 Å². The van der Waals surface area contributed by atoms with Crippen LogP contribution in [0.3, 0.4) is 0 Å². The van der Waals surface area contributed by atoms with Crippen LogP contribution in [0.25, 0.3) is 0 Å². The van der Waals surface area contributed by atoms with E-state index in [9.17, 15) is 26.4 Å². The molecule has 146 valence electrons. The molecule has 0 atom stereocenters. The van der Waals surface area contributed by atoms with Gasteiger partial charge in [-0.2, -0.15) is 17.5 Å². The Hall–Kier alpha value is -1.43. The number of amides is 1. The van der Waals surface area contributed by atoms with Crippen molar-refractivity contribution in [3.05, 3.63) is 50.6 Å². The fourth-order valence-corrected chi connectivity index (χ4v) is 5.46. The summed E-state index contributed by atoms with van der Waals surface area (Å²) in [6, 6.07) is 6.88. The number of halogens is 4. The minimum Gasteiger partial charge on any atom is -0.335 e. The molecule has 0 aliphatic carbocycles. The van der Waals surface area contributed by atoms with Crippen LogP contribution in [0.15, 0.2) is 45.1 Å². The molecule has 1 aliphatic heterocycles. The zero-order valence-electron chi connectivity index (χ0n) is 13.7. The number of thiophene rings is 1. The van der Waals surface area contributed by atoms with Gasteiger partial charge in [0, 0.05) is 26.2 Å². The fourth-order valence-electron chi connectivity index (χ4n) is 2.68. The summed E-state index contributed by atoms with van der Waals surface area (Å²) in [5, 5.41) is 0. The first-order chi connectivity index (χ1) is 12.6. The van der Waals surface area contributed by atoms with Gasteiger partial charge in [0.2, 0.25) is 10.0 Å². The summed E-state index contributed by atoms with van der Waals surface area (Å²) in [6.07, 6.45) is -4.52. The lowest BCUT2D eigenvalue weighted by Crippen LogP contribution is -2.50. The number of nitrogens with zero attached hydrogens (tertiary/aromatic N) is 2. The molecule has 0 unspecified atom stereocenters. The Morgan fingerprint density at radius 2 is 1.59 bits per heavy atom. The molecule has 0 N–H and O–H groups in total. The number of alkyl halides is 3. The van der Waals surface area contributed by atoms with Crippen LogP contribution in [0.5, 0.6) is 0 Å². The van der Waals surface area contributed by atoms with Crippen molar-refractivity contribution in [3.8, 4) is 0 Å². The number of piperazine rings is 1. The molecular weight excluding hydrogens is 469 g/mol. The van der Waals surface area contributed by atoms with Crippen molar-refractivity contribution in [2.24, 2.45) is 0 Å². The second-order valence-electron chi connectivity index (χ2n) is 5.82. The third kappa shape index (κ3) is 4.36. The van der Waals surface area contributed by atoms with Crippen LogP contribution in [-0.4, -0.2) is 49.7 Å². The molecule has 1 aromatic carbocycles. The predicted molar refractivity (Wildman–Crippen MR) is 98.1 cm³/mol. The summed E-state index contributed by atoms with van der Waals surface area (Å²) in [5.41, 5.74) is -0.904. The van der Waals surface area contributed by atoms with E-state index >= 15 is 0 Å². The Balaban J connectivity index is 1.68. The number of hydrogen-bond acceptors (Lipinski definition) is 4. The van der Waals surface area contributed by atoms with Gasteiger partial charge >= 0.3 is 6.18 Å². The zero-order chi connectivity index (χ0) is 19.8. The average molecular weight is 483 g/mol. The number of carbonyl (C=O) groups excluding carboxylic acids is 1. The highest BCUT2D eigenvalue weighted by Gasteiger charge is 2.33. The van der Waals surface area contributed by atoms with E-state index in [2.05, 4.69) is 15.9 Å². The van der Waals surface area contributed by atoms with E-state index in [0.717, 1.165) is 28.1 Å². The van der Waals surface area contributed by atoms with Crippen LogP contribution in [0.1, 0.15) is 15.2 Å². The molecular formula is C16H14BrF3N2O3S2. The second-order valence-corrected chi connectivity index (χ2v) is 10.2. The maximum atomic E-state index is 12.6. The van der Waals surface area contributed by atoms with Crippen LogP contribution in [-0.2, 0) is 16.2 Å². The monoisotopic (exact) mass is 482 g/mol. The SMILES string of the molecule is O=C(c1ccc(Br)s1)N1CCN(S(=O)(=O)c2ccc(C(F)(F)F)cc2)CC1. The lowest BCUT2D eigenvalue weighted by Gasteiger charge is -2.33. The lowest BCUT2D eigenvalue weighted by atomic mass is 10.2. The molecule has 0 radical (unpaired) electrons. The summed E-state index contributed by atoms with van der Waals surface area (Å²) in [6.45, 7) is 0.603. The maximum Gasteiger partial charge on any atom is 0.416 e. The number of benzene rings is 1. The van der Waals surface area contributed by atoms with Crippen molar-refractivity contribution in [2.45, 2.75) is 11.1 Å². The Labute approximate surface area is 166 Å². The molecule has 1 aromatic heterocycles. The molecule has 1 aliphatic rings. The average Bonchev–Trinajstić information content (AvgIpc) is 3.07. The van der Waals surface area contributed by atoms with Gasteiger partial charge < -0.3 is 4.90 Å². The van der Waals surface area contributed by atoms with Crippen LogP contribution in [0.4, 0.5) is 13.2 Å². The molecule has 0 spiro atoms. The largest absolute Gasteiger partial charge is 0.416 e. The van der Waals surface area contributed by atoms with Crippen LogP contribution < -0.4 is 0 Å².